The SMILES string of the molecule is CCCCCCCCC(CCCCCC)COCC(O)CO. The van der Waals surface area contributed by atoms with E-state index in [2.05, 4.69) is 13.8 Å². The van der Waals surface area contributed by atoms with Crippen molar-refractivity contribution >= 4 is 0 Å². The second-order valence-corrected chi connectivity index (χ2v) is 6.65. The number of ether oxygens (including phenoxy) is 1. The lowest BCUT2D eigenvalue weighted by Crippen LogP contribution is -2.22. The molecule has 0 rings (SSSR count). The summed E-state index contributed by atoms with van der Waals surface area (Å²) in [4.78, 5) is 0. The van der Waals surface area contributed by atoms with E-state index in [1.807, 2.05) is 0 Å². The second kappa shape index (κ2) is 17.2. The molecule has 0 aromatic heterocycles. The normalized spacial score (nSPS) is 14.2. The van der Waals surface area contributed by atoms with Gasteiger partial charge >= 0.3 is 0 Å². The van der Waals surface area contributed by atoms with Gasteiger partial charge in [0.1, 0.15) is 6.10 Å². The van der Waals surface area contributed by atoms with E-state index in [1.165, 1.54) is 77.0 Å². The number of aliphatic hydroxyl groups excluding tert-OH is 2. The van der Waals surface area contributed by atoms with Crippen LogP contribution in [-0.2, 0) is 4.74 Å². The molecule has 2 unspecified atom stereocenters. The van der Waals surface area contributed by atoms with Crippen LogP contribution in [-0.4, -0.2) is 36.1 Å². The minimum atomic E-state index is -0.727. The Bertz CT molecular complexity index is 209. The molecule has 0 amide bonds. The third-order valence-corrected chi connectivity index (χ3v) is 4.31. The van der Waals surface area contributed by atoms with E-state index in [0.717, 1.165) is 6.61 Å². The van der Waals surface area contributed by atoms with Crippen molar-refractivity contribution in [1.29, 1.82) is 0 Å². The summed E-state index contributed by atoms with van der Waals surface area (Å²) in [6.07, 6.45) is 15.0. The number of rotatable bonds is 17. The quantitative estimate of drug-likeness (QED) is 0.383. The van der Waals surface area contributed by atoms with Crippen LogP contribution in [0.5, 0.6) is 0 Å². The molecule has 0 radical (unpaired) electrons. The molecule has 0 saturated carbocycles. The van der Waals surface area contributed by atoms with Crippen molar-refractivity contribution in [3.8, 4) is 0 Å². The van der Waals surface area contributed by atoms with Crippen LogP contribution in [0.25, 0.3) is 0 Å². The third kappa shape index (κ3) is 14.8. The van der Waals surface area contributed by atoms with Gasteiger partial charge in [-0.25, -0.2) is 0 Å². The average molecular weight is 317 g/mol. The molecule has 0 bridgehead atoms. The zero-order valence-corrected chi connectivity index (χ0v) is 15.1. The van der Waals surface area contributed by atoms with Crippen molar-refractivity contribution in [2.24, 2.45) is 5.92 Å². The van der Waals surface area contributed by atoms with Gasteiger partial charge in [-0.2, -0.15) is 0 Å². The summed E-state index contributed by atoms with van der Waals surface area (Å²) in [5, 5.41) is 18.2. The summed E-state index contributed by atoms with van der Waals surface area (Å²) in [6.45, 7) is 5.28. The van der Waals surface area contributed by atoms with Crippen LogP contribution in [0.2, 0.25) is 0 Å². The summed E-state index contributed by atoms with van der Waals surface area (Å²) in [7, 11) is 0. The Labute approximate surface area is 138 Å². The largest absolute Gasteiger partial charge is 0.394 e. The highest BCUT2D eigenvalue weighted by Gasteiger charge is 2.10. The Morgan fingerprint density at radius 1 is 0.727 bits per heavy atom. The van der Waals surface area contributed by atoms with Crippen molar-refractivity contribution in [2.45, 2.75) is 97.0 Å². The molecule has 0 fully saturated rings. The van der Waals surface area contributed by atoms with E-state index < -0.39 is 6.10 Å². The van der Waals surface area contributed by atoms with Gasteiger partial charge < -0.3 is 14.9 Å². The summed E-state index contributed by atoms with van der Waals surface area (Å²) in [5.41, 5.74) is 0. The number of aliphatic hydroxyl groups is 2. The standard InChI is InChI=1S/C19H40O3/c1-3-5-7-9-10-12-14-18(13-11-8-6-4-2)16-22-17-19(21)15-20/h18-21H,3-17H2,1-2H3. The van der Waals surface area contributed by atoms with Crippen LogP contribution >= 0.6 is 0 Å². The first-order valence-electron chi connectivity index (χ1n) is 9.61. The van der Waals surface area contributed by atoms with Gasteiger partial charge in [0.15, 0.2) is 0 Å². The summed E-state index contributed by atoms with van der Waals surface area (Å²) in [6, 6.07) is 0. The molecule has 0 aliphatic rings. The van der Waals surface area contributed by atoms with Crippen molar-refractivity contribution in [1.82, 2.24) is 0 Å². The number of unbranched alkanes of at least 4 members (excludes halogenated alkanes) is 8. The highest BCUT2D eigenvalue weighted by Crippen LogP contribution is 2.19. The maximum Gasteiger partial charge on any atom is 0.100 e. The van der Waals surface area contributed by atoms with Crippen molar-refractivity contribution in [3.63, 3.8) is 0 Å². The van der Waals surface area contributed by atoms with Gasteiger partial charge in [-0.15, -0.1) is 0 Å². The Kier molecular flexibility index (Phi) is 17.1. The van der Waals surface area contributed by atoms with Crippen LogP contribution in [0, 0.1) is 5.92 Å². The topological polar surface area (TPSA) is 49.7 Å². The van der Waals surface area contributed by atoms with Gasteiger partial charge in [0.05, 0.1) is 13.2 Å². The highest BCUT2D eigenvalue weighted by molar-refractivity contribution is 4.61. The fraction of sp³-hybridized carbons (Fsp3) is 1.00. The van der Waals surface area contributed by atoms with Crippen LogP contribution in [0.1, 0.15) is 90.9 Å². The molecule has 3 heteroatoms. The fourth-order valence-electron chi connectivity index (χ4n) is 2.81. The Morgan fingerprint density at radius 2 is 1.23 bits per heavy atom. The smallest absolute Gasteiger partial charge is 0.100 e. The molecule has 2 atom stereocenters. The lowest BCUT2D eigenvalue weighted by atomic mass is 9.95. The van der Waals surface area contributed by atoms with Gasteiger partial charge in [-0.05, 0) is 18.8 Å². The van der Waals surface area contributed by atoms with E-state index >= 15 is 0 Å². The summed E-state index contributed by atoms with van der Waals surface area (Å²) >= 11 is 0. The fourth-order valence-corrected chi connectivity index (χ4v) is 2.81. The zero-order valence-electron chi connectivity index (χ0n) is 15.1. The van der Waals surface area contributed by atoms with E-state index in [4.69, 9.17) is 9.84 Å². The molecular weight excluding hydrogens is 276 g/mol. The van der Waals surface area contributed by atoms with Gasteiger partial charge in [0.2, 0.25) is 0 Å². The minimum absolute atomic E-state index is 0.210. The van der Waals surface area contributed by atoms with E-state index in [0.29, 0.717) is 5.92 Å². The monoisotopic (exact) mass is 316 g/mol. The van der Waals surface area contributed by atoms with E-state index in [1.54, 1.807) is 0 Å². The molecular formula is C19H40O3. The maximum absolute atomic E-state index is 9.34. The van der Waals surface area contributed by atoms with Gasteiger partial charge in [-0.3, -0.25) is 0 Å². The van der Waals surface area contributed by atoms with Gasteiger partial charge in [0.25, 0.3) is 0 Å². The molecule has 0 saturated heterocycles. The van der Waals surface area contributed by atoms with Crippen LogP contribution in [0.4, 0.5) is 0 Å². The Morgan fingerprint density at radius 3 is 1.77 bits per heavy atom. The molecule has 0 aromatic carbocycles. The second-order valence-electron chi connectivity index (χ2n) is 6.65. The first-order chi connectivity index (χ1) is 10.7. The lowest BCUT2D eigenvalue weighted by molar-refractivity contribution is -0.00677. The van der Waals surface area contributed by atoms with Crippen LogP contribution < -0.4 is 0 Å². The first-order valence-corrected chi connectivity index (χ1v) is 9.61. The maximum atomic E-state index is 9.34. The summed E-state index contributed by atoms with van der Waals surface area (Å²) in [5.74, 6) is 0.619. The molecule has 0 aliphatic heterocycles. The Balaban J connectivity index is 3.79. The zero-order chi connectivity index (χ0) is 16.5. The van der Waals surface area contributed by atoms with Crippen molar-refractivity contribution < 1.29 is 14.9 Å². The molecule has 0 aliphatic carbocycles. The van der Waals surface area contributed by atoms with E-state index in [9.17, 15) is 5.11 Å². The molecule has 0 heterocycles. The van der Waals surface area contributed by atoms with E-state index in [-0.39, 0.29) is 13.2 Å². The molecule has 134 valence electrons. The molecule has 0 spiro atoms. The van der Waals surface area contributed by atoms with Gasteiger partial charge in [0, 0.05) is 6.61 Å². The summed E-state index contributed by atoms with van der Waals surface area (Å²) < 4.78 is 5.59. The molecule has 3 nitrogen and oxygen atoms in total. The van der Waals surface area contributed by atoms with Gasteiger partial charge in [-0.1, -0.05) is 78.1 Å². The predicted molar refractivity (Wildman–Crippen MR) is 94.2 cm³/mol. The first kappa shape index (κ1) is 21.9. The lowest BCUT2D eigenvalue weighted by Gasteiger charge is -2.18. The predicted octanol–water partition coefficient (Wildman–Crippen LogP) is 4.69. The average Bonchev–Trinajstić information content (AvgIpc) is 2.53. The molecule has 0 aromatic rings. The van der Waals surface area contributed by atoms with Crippen LogP contribution in [0.3, 0.4) is 0 Å². The minimum Gasteiger partial charge on any atom is -0.394 e. The number of hydrogen-bond donors (Lipinski definition) is 2. The number of hydrogen-bond acceptors (Lipinski definition) is 3. The highest BCUT2D eigenvalue weighted by atomic mass is 16.5. The third-order valence-electron chi connectivity index (χ3n) is 4.31. The van der Waals surface area contributed by atoms with Crippen molar-refractivity contribution in [2.75, 3.05) is 19.8 Å². The Hall–Kier alpha value is -0.120. The molecule has 22 heavy (non-hydrogen) atoms. The van der Waals surface area contributed by atoms with Crippen LogP contribution in [0.15, 0.2) is 0 Å². The molecule has 2 N–H and O–H groups in total. The van der Waals surface area contributed by atoms with Crippen molar-refractivity contribution in [3.05, 3.63) is 0 Å².